The van der Waals surface area contributed by atoms with Gasteiger partial charge in [-0.1, -0.05) is 12.1 Å². The molecular formula is C22H22FN3O2. The Hall–Kier alpha value is -3.17. The summed E-state index contributed by atoms with van der Waals surface area (Å²) in [5.74, 6) is 0.801. The molecule has 6 heteroatoms. The summed E-state index contributed by atoms with van der Waals surface area (Å²) in [5, 5.41) is 19.9. The van der Waals surface area contributed by atoms with Crippen LogP contribution in [-0.2, 0) is 0 Å². The first-order chi connectivity index (χ1) is 13.6. The van der Waals surface area contributed by atoms with Gasteiger partial charge >= 0.3 is 0 Å². The summed E-state index contributed by atoms with van der Waals surface area (Å²) in [7, 11) is 1.57. The van der Waals surface area contributed by atoms with Crippen LogP contribution in [-0.4, -0.2) is 36.9 Å². The molecule has 3 aromatic rings. The summed E-state index contributed by atoms with van der Waals surface area (Å²) in [6, 6.07) is 13.9. The summed E-state index contributed by atoms with van der Waals surface area (Å²) >= 11 is 0. The Morgan fingerprint density at radius 3 is 2.71 bits per heavy atom. The molecule has 0 fully saturated rings. The lowest BCUT2D eigenvalue weighted by Crippen LogP contribution is -2.26. The molecule has 0 bridgehead atoms. The van der Waals surface area contributed by atoms with E-state index >= 15 is 0 Å². The maximum Gasteiger partial charge on any atom is 0.147 e. The van der Waals surface area contributed by atoms with E-state index in [2.05, 4.69) is 6.07 Å². The van der Waals surface area contributed by atoms with E-state index in [1.165, 1.54) is 12.1 Å². The second kappa shape index (κ2) is 8.68. The van der Waals surface area contributed by atoms with Crippen molar-refractivity contribution in [1.29, 1.82) is 5.26 Å². The molecule has 0 spiro atoms. The Labute approximate surface area is 163 Å². The maximum atomic E-state index is 14.0. The molecule has 144 valence electrons. The number of hydrogen-bond acceptors (Lipinski definition) is 5. The quantitative estimate of drug-likeness (QED) is 0.668. The van der Waals surface area contributed by atoms with Crippen molar-refractivity contribution in [3.63, 3.8) is 0 Å². The number of aliphatic hydroxyl groups is 1. The van der Waals surface area contributed by atoms with Crippen LogP contribution in [0.2, 0.25) is 0 Å². The van der Waals surface area contributed by atoms with Crippen LogP contribution in [0.1, 0.15) is 18.9 Å². The molecule has 0 saturated heterocycles. The number of pyridine rings is 1. The zero-order valence-electron chi connectivity index (χ0n) is 15.9. The van der Waals surface area contributed by atoms with E-state index in [-0.39, 0.29) is 12.4 Å². The minimum Gasteiger partial charge on any atom is -0.497 e. The zero-order valence-corrected chi connectivity index (χ0v) is 15.9. The summed E-state index contributed by atoms with van der Waals surface area (Å²) in [5.41, 5.74) is 2.31. The fourth-order valence-electron chi connectivity index (χ4n) is 3.31. The molecule has 2 aromatic carbocycles. The molecule has 1 heterocycles. The van der Waals surface area contributed by atoms with Crippen LogP contribution in [0.4, 0.5) is 10.2 Å². The molecule has 1 N–H and O–H groups in total. The number of aliphatic hydroxyl groups excluding tert-OH is 1. The molecule has 0 radical (unpaired) electrons. The minimum atomic E-state index is -0.372. The van der Waals surface area contributed by atoms with E-state index in [1.807, 2.05) is 30.0 Å². The predicted octanol–water partition coefficient (Wildman–Crippen LogP) is 4.13. The number of methoxy groups -OCH3 is 1. The SMILES string of the molecule is CCN(CCCO)c1nc2ccc(OC)cc2c(-c2cccc(F)c2)c1C#N. The van der Waals surface area contributed by atoms with E-state index < -0.39 is 0 Å². The first-order valence-corrected chi connectivity index (χ1v) is 9.16. The van der Waals surface area contributed by atoms with E-state index in [4.69, 9.17) is 9.72 Å². The van der Waals surface area contributed by atoms with Crippen molar-refractivity contribution >= 4 is 16.7 Å². The highest BCUT2D eigenvalue weighted by molar-refractivity contribution is 6.00. The van der Waals surface area contributed by atoms with Crippen molar-refractivity contribution in [2.45, 2.75) is 13.3 Å². The average molecular weight is 379 g/mol. The molecule has 1 aromatic heterocycles. The second-order valence-electron chi connectivity index (χ2n) is 6.35. The Morgan fingerprint density at radius 2 is 2.07 bits per heavy atom. The van der Waals surface area contributed by atoms with Gasteiger partial charge in [-0.25, -0.2) is 9.37 Å². The fourth-order valence-corrected chi connectivity index (χ4v) is 3.31. The van der Waals surface area contributed by atoms with Gasteiger partial charge in [0.15, 0.2) is 0 Å². The van der Waals surface area contributed by atoms with E-state index in [0.717, 1.165) is 5.39 Å². The van der Waals surface area contributed by atoms with Crippen LogP contribution < -0.4 is 9.64 Å². The summed E-state index contributed by atoms with van der Waals surface area (Å²) in [6.07, 6.45) is 0.566. The van der Waals surface area contributed by atoms with Gasteiger partial charge in [-0.3, -0.25) is 0 Å². The van der Waals surface area contributed by atoms with Crippen LogP contribution in [0.3, 0.4) is 0 Å². The van der Waals surface area contributed by atoms with Gasteiger partial charge in [-0.05, 0) is 49.2 Å². The first-order valence-electron chi connectivity index (χ1n) is 9.16. The molecule has 0 aliphatic carbocycles. The van der Waals surface area contributed by atoms with Crippen LogP contribution >= 0.6 is 0 Å². The summed E-state index contributed by atoms with van der Waals surface area (Å²) in [4.78, 5) is 6.69. The number of hydrogen-bond donors (Lipinski definition) is 1. The van der Waals surface area contributed by atoms with Crippen molar-refractivity contribution in [2.75, 3.05) is 31.7 Å². The highest BCUT2D eigenvalue weighted by Gasteiger charge is 2.21. The van der Waals surface area contributed by atoms with Gasteiger partial charge in [0.25, 0.3) is 0 Å². The van der Waals surface area contributed by atoms with Crippen molar-refractivity contribution in [1.82, 2.24) is 4.98 Å². The normalized spacial score (nSPS) is 10.7. The van der Waals surface area contributed by atoms with Crippen LogP contribution in [0.25, 0.3) is 22.0 Å². The van der Waals surface area contributed by atoms with Gasteiger partial charge < -0.3 is 14.7 Å². The van der Waals surface area contributed by atoms with E-state index in [9.17, 15) is 14.8 Å². The van der Waals surface area contributed by atoms with Gasteiger partial charge in [0.05, 0.1) is 12.6 Å². The van der Waals surface area contributed by atoms with Crippen molar-refractivity contribution < 1.29 is 14.2 Å². The first kappa shape index (κ1) is 19.6. The number of benzene rings is 2. The van der Waals surface area contributed by atoms with E-state index in [0.29, 0.717) is 53.3 Å². The Bertz CT molecular complexity index is 1030. The monoisotopic (exact) mass is 379 g/mol. The number of nitrogens with zero attached hydrogens (tertiary/aromatic N) is 3. The maximum absolute atomic E-state index is 14.0. The molecule has 0 aliphatic rings. The Morgan fingerprint density at radius 1 is 1.25 bits per heavy atom. The minimum absolute atomic E-state index is 0.0555. The molecule has 0 aliphatic heterocycles. The van der Waals surface area contributed by atoms with Crippen LogP contribution in [0.15, 0.2) is 42.5 Å². The molecule has 0 atom stereocenters. The number of anilines is 1. The number of aromatic nitrogens is 1. The lowest BCUT2D eigenvalue weighted by molar-refractivity contribution is 0.289. The third-order valence-corrected chi connectivity index (χ3v) is 4.67. The lowest BCUT2D eigenvalue weighted by atomic mass is 9.95. The molecule has 0 unspecified atom stereocenters. The number of ether oxygens (including phenoxy) is 1. The lowest BCUT2D eigenvalue weighted by Gasteiger charge is -2.25. The largest absolute Gasteiger partial charge is 0.497 e. The molecule has 0 amide bonds. The Kier molecular flexibility index (Phi) is 6.07. The predicted molar refractivity (Wildman–Crippen MR) is 108 cm³/mol. The smallest absolute Gasteiger partial charge is 0.147 e. The number of nitriles is 1. The summed E-state index contributed by atoms with van der Waals surface area (Å²) in [6.45, 7) is 3.23. The molecule has 0 saturated carbocycles. The number of fused-ring (bicyclic) bond motifs is 1. The van der Waals surface area contributed by atoms with Crippen LogP contribution in [0, 0.1) is 17.1 Å². The third-order valence-electron chi connectivity index (χ3n) is 4.67. The summed E-state index contributed by atoms with van der Waals surface area (Å²) < 4.78 is 19.3. The van der Waals surface area contributed by atoms with Gasteiger partial charge in [-0.2, -0.15) is 5.26 Å². The van der Waals surface area contributed by atoms with E-state index in [1.54, 1.807) is 19.2 Å². The number of halogens is 1. The average Bonchev–Trinajstić information content (AvgIpc) is 2.72. The highest BCUT2D eigenvalue weighted by Crippen LogP contribution is 2.37. The number of rotatable bonds is 7. The van der Waals surface area contributed by atoms with Crippen LogP contribution in [0.5, 0.6) is 5.75 Å². The van der Waals surface area contributed by atoms with Gasteiger partial charge in [0.2, 0.25) is 0 Å². The van der Waals surface area contributed by atoms with Gasteiger partial charge in [0.1, 0.15) is 29.0 Å². The molecular weight excluding hydrogens is 357 g/mol. The van der Waals surface area contributed by atoms with Gasteiger partial charge in [0, 0.05) is 30.6 Å². The van der Waals surface area contributed by atoms with Crippen molar-refractivity contribution in [2.24, 2.45) is 0 Å². The standard InChI is InChI=1S/C22H22FN3O2/c1-3-26(10-5-11-27)22-19(14-24)21(15-6-4-7-16(23)12-15)18-13-17(28-2)8-9-20(18)25-22/h4,6-9,12-13,27H,3,5,10-11H2,1-2H3. The van der Waals surface area contributed by atoms with Gasteiger partial charge in [-0.15, -0.1) is 0 Å². The zero-order chi connectivity index (χ0) is 20.1. The van der Waals surface area contributed by atoms with Crippen molar-refractivity contribution in [3.8, 4) is 22.9 Å². The molecule has 28 heavy (non-hydrogen) atoms. The van der Waals surface area contributed by atoms with Crippen molar-refractivity contribution in [3.05, 3.63) is 53.8 Å². The third kappa shape index (κ3) is 3.75. The molecule has 5 nitrogen and oxygen atoms in total. The Balaban J connectivity index is 2.36. The highest BCUT2D eigenvalue weighted by atomic mass is 19.1. The second-order valence-corrected chi connectivity index (χ2v) is 6.35. The molecule has 3 rings (SSSR count). The fraction of sp³-hybridized carbons (Fsp3) is 0.273. The topological polar surface area (TPSA) is 69.4 Å².